The summed E-state index contributed by atoms with van der Waals surface area (Å²) in [5, 5.41) is 0. The fraction of sp³-hybridized carbons (Fsp3) is 0.444. The van der Waals surface area contributed by atoms with Gasteiger partial charge in [-0.1, -0.05) is 0 Å². The maximum absolute atomic E-state index is 5.53. The number of rotatable bonds is 2. The third-order valence-corrected chi connectivity index (χ3v) is 1.87. The number of methoxy groups -OCH3 is 1. The van der Waals surface area contributed by atoms with Crippen LogP contribution < -0.4 is 10.5 Å². The van der Waals surface area contributed by atoms with E-state index >= 15 is 0 Å². The lowest BCUT2D eigenvalue weighted by atomic mass is 10.2. The highest BCUT2D eigenvalue weighted by Gasteiger charge is 2.05. The molecule has 0 amide bonds. The smallest absolute Gasteiger partial charge is 0.125 e. The van der Waals surface area contributed by atoms with Gasteiger partial charge < -0.3 is 10.5 Å². The first-order chi connectivity index (χ1) is 5.69. The monoisotopic (exact) mass is 166 g/mol. The number of hydrogen-bond acceptors (Lipinski definition) is 3. The molecular weight excluding hydrogens is 152 g/mol. The molecule has 12 heavy (non-hydrogen) atoms. The second kappa shape index (κ2) is 3.54. The molecule has 1 heterocycles. The quantitative estimate of drug-likeness (QED) is 0.717. The fourth-order valence-electron chi connectivity index (χ4n) is 1.18. The van der Waals surface area contributed by atoms with E-state index in [0.717, 1.165) is 22.7 Å². The summed E-state index contributed by atoms with van der Waals surface area (Å²) in [6.45, 7) is 4.36. The summed E-state index contributed by atoms with van der Waals surface area (Å²) >= 11 is 0. The Bertz CT molecular complexity index is 259. The zero-order chi connectivity index (χ0) is 9.14. The molecule has 0 bridgehead atoms. The molecule has 0 radical (unpaired) electrons. The molecule has 0 saturated carbocycles. The van der Waals surface area contributed by atoms with Crippen molar-refractivity contribution in [1.29, 1.82) is 0 Å². The second-order valence-corrected chi connectivity index (χ2v) is 2.74. The van der Waals surface area contributed by atoms with Crippen LogP contribution in [0.25, 0.3) is 0 Å². The molecule has 0 atom stereocenters. The predicted molar refractivity (Wildman–Crippen MR) is 48.2 cm³/mol. The van der Waals surface area contributed by atoms with Gasteiger partial charge in [-0.05, 0) is 13.8 Å². The molecule has 2 N–H and O–H groups in total. The fourth-order valence-corrected chi connectivity index (χ4v) is 1.18. The maximum atomic E-state index is 5.53. The molecule has 1 aromatic rings. The number of nitrogens with two attached hydrogens (primary N) is 1. The summed E-state index contributed by atoms with van der Waals surface area (Å²) in [4.78, 5) is 4.29. The highest BCUT2D eigenvalue weighted by Crippen LogP contribution is 2.20. The summed E-state index contributed by atoms with van der Waals surface area (Å²) in [7, 11) is 1.65. The van der Waals surface area contributed by atoms with E-state index in [4.69, 9.17) is 10.5 Å². The van der Waals surface area contributed by atoms with Crippen molar-refractivity contribution in [3.05, 3.63) is 23.0 Å². The number of hydrogen-bond donors (Lipinski definition) is 1. The van der Waals surface area contributed by atoms with Crippen LogP contribution >= 0.6 is 0 Å². The van der Waals surface area contributed by atoms with Gasteiger partial charge in [0.1, 0.15) is 5.75 Å². The molecule has 1 rings (SSSR count). The van der Waals surface area contributed by atoms with Crippen molar-refractivity contribution in [3.8, 4) is 5.75 Å². The lowest BCUT2D eigenvalue weighted by Gasteiger charge is -2.09. The van der Waals surface area contributed by atoms with Gasteiger partial charge >= 0.3 is 0 Å². The molecule has 0 aliphatic rings. The summed E-state index contributed by atoms with van der Waals surface area (Å²) in [6, 6.07) is 1.91. The summed E-state index contributed by atoms with van der Waals surface area (Å²) < 4.78 is 5.17. The van der Waals surface area contributed by atoms with Gasteiger partial charge in [-0.25, -0.2) is 0 Å². The van der Waals surface area contributed by atoms with E-state index in [-0.39, 0.29) is 0 Å². The lowest BCUT2D eigenvalue weighted by molar-refractivity contribution is 0.409. The van der Waals surface area contributed by atoms with Crippen molar-refractivity contribution < 1.29 is 4.74 Å². The van der Waals surface area contributed by atoms with Crippen LogP contribution in [0.2, 0.25) is 0 Å². The molecule has 66 valence electrons. The van der Waals surface area contributed by atoms with Crippen LogP contribution in [-0.2, 0) is 6.54 Å². The van der Waals surface area contributed by atoms with Gasteiger partial charge in [-0.15, -0.1) is 0 Å². The third-order valence-electron chi connectivity index (χ3n) is 1.87. The van der Waals surface area contributed by atoms with Crippen molar-refractivity contribution in [3.63, 3.8) is 0 Å². The summed E-state index contributed by atoms with van der Waals surface area (Å²) in [6.07, 6.45) is 0. The number of aromatic nitrogens is 1. The Morgan fingerprint density at radius 2 is 2.17 bits per heavy atom. The first-order valence-electron chi connectivity index (χ1n) is 3.90. The van der Waals surface area contributed by atoms with Gasteiger partial charge in [0.05, 0.1) is 12.8 Å². The number of aryl methyl sites for hydroxylation is 1. The van der Waals surface area contributed by atoms with E-state index in [2.05, 4.69) is 4.98 Å². The van der Waals surface area contributed by atoms with Gasteiger partial charge in [0.2, 0.25) is 0 Å². The highest BCUT2D eigenvalue weighted by molar-refractivity contribution is 5.36. The van der Waals surface area contributed by atoms with Crippen LogP contribution in [0.3, 0.4) is 0 Å². The van der Waals surface area contributed by atoms with E-state index in [1.807, 2.05) is 19.9 Å². The largest absolute Gasteiger partial charge is 0.496 e. The minimum absolute atomic E-state index is 0.462. The van der Waals surface area contributed by atoms with Gasteiger partial charge in [0, 0.05) is 23.9 Å². The van der Waals surface area contributed by atoms with Crippen molar-refractivity contribution >= 4 is 0 Å². The van der Waals surface area contributed by atoms with Crippen LogP contribution in [0.4, 0.5) is 0 Å². The topological polar surface area (TPSA) is 48.1 Å². The number of ether oxygens (including phenoxy) is 1. The molecule has 0 aliphatic carbocycles. The van der Waals surface area contributed by atoms with Gasteiger partial charge in [0.25, 0.3) is 0 Å². The molecule has 0 spiro atoms. The Morgan fingerprint density at radius 1 is 1.50 bits per heavy atom. The van der Waals surface area contributed by atoms with E-state index < -0.39 is 0 Å². The Balaban J connectivity index is 3.22. The van der Waals surface area contributed by atoms with Gasteiger partial charge in [0.15, 0.2) is 0 Å². The molecule has 0 unspecified atom stereocenters. The van der Waals surface area contributed by atoms with Crippen LogP contribution in [0, 0.1) is 13.8 Å². The average molecular weight is 166 g/mol. The predicted octanol–water partition coefficient (Wildman–Crippen LogP) is 1.17. The number of nitrogens with zero attached hydrogens (tertiary/aromatic N) is 1. The van der Waals surface area contributed by atoms with Crippen LogP contribution in [-0.4, -0.2) is 12.1 Å². The van der Waals surface area contributed by atoms with E-state index in [9.17, 15) is 0 Å². The molecule has 3 heteroatoms. The van der Waals surface area contributed by atoms with Gasteiger partial charge in [-0.2, -0.15) is 0 Å². The molecule has 0 aliphatic heterocycles. The van der Waals surface area contributed by atoms with Crippen molar-refractivity contribution in [2.45, 2.75) is 20.4 Å². The molecule has 0 saturated heterocycles. The average Bonchev–Trinajstić information content (AvgIpc) is 2.08. The second-order valence-electron chi connectivity index (χ2n) is 2.74. The normalized spacial score (nSPS) is 10.0. The molecule has 0 fully saturated rings. The Kier molecular flexibility index (Phi) is 2.65. The third kappa shape index (κ3) is 1.56. The molecule has 1 aromatic heterocycles. The molecular formula is C9H14N2O. The maximum Gasteiger partial charge on any atom is 0.125 e. The van der Waals surface area contributed by atoms with Crippen molar-refractivity contribution in [1.82, 2.24) is 4.98 Å². The van der Waals surface area contributed by atoms with Crippen molar-refractivity contribution in [2.24, 2.45) is 5.73 Å². The van der Waals surface area contributed by atoms with E-state index in [0.29, 0.717) is 6.54 Å². The lowest BCUT2D eigenvalue weighted by Crippen LogP contribution is -2.05. The zero-order valence-electron chi connectivity index (χ0n) is 7.72. The molecule has 0 aromatic carbocycles. The van der Waals surface area contributed by atoms with Crippen LogP contribution in [0.15, 0.2) is 6.07 Å². The Morgan fingerprint density at radius 3 is 2.67 bits per heavy atom. The minimum atomic E-state index is 0.462. The van der Waals surface area contributed by atoms with E-state index in [1.165, 1.54) is 0 Å². The standard InChI is InChI=1S/C9H14N2O/c1-6-4-9(12-3)7(2)8(5-10)11-6/h4H,5,10H2,1-3H3. The van der Waals surface area contributed by atoms with E-state index in [1.54, 1.807) is 7.11 Å². The van der Waals surface area contributed by atoms with Crippen molar-refractivity contribution in [2.75, 3.05) is 7.11 Å². The Labute approximate surface area is 72.6 Å². The zero-order valence-corrected chi connectivity index (χ0v) is 7.72. The summed E-state index contributed by atoms with van der Waals surface area (Å²) in [5.74, 6) is 0.864. The van der Waals surface area contributed by atoms with Crippen LogP contribution in [0.5, 0.6) is 5.75 Å². The van der Waals surface area contributed by atoms with Gasteiger partial charge in [-0.3, -0.25) is 4.98 Å². The van der Waals surface area contributed by atoms with Crippen LogP contribution in [0.1, 0.15) is 17.0 Å². The summed E-state index contributed by atoms with van der Waals surface area (Å²) in [5.41, 5.74) is 8.41. The number of pyridine rings is 1. The SMILES string of the molecule is COc1cc(C)nc(CN)c1C. The first kappa shape index (κ1) is 9.00. The Hall–Kier alpha value is -1.09. The molecule has 3 nitrogen and oxygen atoms in total. The highest BCUT2D eigenvalue weighted by atomic mass is 16.5. The minimum Gasteiger partial charge on any atom is -0.496 e. The first-order valence-corrected chi connectivity index (χ1v) is 3.90.